The van der Waals surface area contributed by atoms with Gasteiger partial charge in [-0.15, -0.1) is 0 Å². The third-order valence-corrected chi connectivity index (χ3v) is 2.52. The summed E-state index contributed by atoms with van der Waals surface area (Å²) in [5.74, 6) is 1.43. The van der Waals surface area contributed by atoms with Crippen molar-refractivity contribution in [2.45, 2.75) is 32.6 Å². The molecule has 0 heterocycles. The van der Waals surface area contributed by atoms with Gasteiger partial charge in [0.1, 0.15) is 12.4 Å². The fourth-order valence-electron chi connectivity index (χ4n) is 1.76. The van der Waals surface area contributed by atoms with Gasteiger partial charge in [-0.2, -0.15) is 0 Å². The van der Waals surface area contributed by atoms with E-state index in [0.29, 0.717) is 12.5 Å². The molecule has 1 rings (SSSR count). The van der Waals surface area contributed by atoms with Crippen LogP contribution in [0.5, 0.6) is 5.75 Å². The molecule has 0 saturated heterocycles. The summed E-state index contributed by atoms with van der Waals surface area (Å²) in [4.78, 5) is 0. The monoisotopic (exact) mass is 208 g/mol. The molecule has 1 aromatic carbocycles. The van der Waals surface area contributed by atoms with Crippen molar-refractivity contribution >= 4 is 0 Å². The number of rotatable bonds is 6. The standard InChI is InChI=1S/C13H20O2/c1-3-6-11(2)12-7-4-5-8-13(12)15-10-9-14/h4-5,7-8,11,14H,3,6,9-10H2,1-2H3. The van der Waals surface area contributed by atoms with Crippen LogP contribution in [0, 0.1) is 0 Å². The molecule has 0 aliphatic heterocycles. The van der Waals surface area contributed by atoms with E-state index in [2.05, 4.69) is 19.9 Å². The first-order valence-electron chi connectivity index (χ1n) is 5.62. The van der Waals surface area contributed by atoms with Crippen LogP contribution in [0.3, 0.4) is 0 Å². The number of aliphatic hydroxyl groups excluding tert-OH is 1. The Bertz CT molecular complexity index is 284. The van der Waals surface area contributed by atoms with Gasteiger partial charge in [0.05, 0.1) is 6.61 Å². The summed E-state index contributed by atoms with van der Waals surface area (Å²) < 4.78 is 5.50. The van der Waals surface area contributed by atoms with E-state index in [4.69, 9.17) is 9.84 Å². The van der Waals surface area contributed by atoms with Crippen molar-refractivity contribution in [3.63, 3.8) is 0 Å². The van der Waals surface area contributed by atoms with E-state index in [1.807, 2.05) is 18.2 Å². The van der Waals surface area contributed by atoms with Gasteiger partial charge in [-0.05, 0) is 24.0 Å². The molecule has 1 unspecified atom stereocenters. The average molecular weight is 208 g/mol. The predicted molar refractivity (Wildman–Crippen MR) is 62.3 cm³/mol. The van der Waals surface area contributed by atoms with Gasteiger partial charge in [0.25, 0.3) is 0 Å². The molecule has 0 radical (unpaired) electrons. The highest BCUT2D eigenvalue weighted by Crippen LogP contribution is 2.29. The minimum Gasteiger partial charge on any atom is -0.491 e. The lowest BCUT2D eigenvalue weighted by Crippen LogP contribution is -2.05. The molecule has 1 atom stereocenters. The molecule has 0 aromatic heterocycles. The van der Waals surface area contributed by atoms with Crippen molar-refractivity contribution < 1.29 is 9.84 Å². The lowest BCUT2D eigenvalue weighted by Gasteiger charge is -2.15. The summed E-state index contributed by atoms with van der Waals surface area (Å²) in [5, 5.41) is 8.74. The highest BCUT2D eigenvalue weighted by molar-refractivity contribution is 5.35. The van der Waals surface area contributed by atoms with Crippen LogP contribution < -0.4 is 4.74 Å². The quantitative estimate of drug-likeness (QED) is 0.778. The van der Waals surface area contributed by atoms with Crippen LogP contribution in [-0.2, 0) is 0 Å². The Morgan fingerprint density at radius 1 is 1.33 bits per heavy atom. The molecule has 1 N–H and O–H groups in total. The number of ether oxygens (including phenoxy) is 1. The molecule has 0 saturated carbocycles. The largest absolute Gasteiger partial charge is 0.491 e. The van der Waals surface area contributed by atoms with Crippen molar-refractivity contribution in [1.82, 2.24) is 0 Å². The Labute approximate surface area is 91.9 Å². The SMILES string of the molecule is CCCC(C)c1ccccc1OCCO. The van der Waals surface area contributed by atoms with E-state index in [1.165, 1.54) is 18.4 Å². The molecule has 2 heteroatoms. The van der Waals surface area contributed by atoms with Crippen molar-refractivity contribution in [2.24, 2.45) is 0 Å². The molecular weight excluding hydrogens is 188 g/mol. The van der Waals surface area contributed by atoms with Gasteiger partial charge in [0, 0.05) is 0 Å². The Kier molecular flexibility index (Phi) is 5.19. The number of hydrogen-bond acceptors (Lipinski definition) is 2. The van der Waals surface area contributed by atoms with E-state index in [0.717, 1.165) is 5.75 Å². The normalized spacial score (nSPS) is 12.5. The van der Waals surface area contributed by atoms with E-state index in [-0.39, 0.29) is 6.61 Å². The van der Waals surface area contributed by atoms with Crippen LogP contribution in [0.1, 0.15) is 38.2 Å². The minimum atomic E-state index is 0.0660. The third-order valence-electron chi connectivity index (χ3n) is 2.52. The Hall–Kier alpha value is -1.02. The Morgan fingerprint density at radius 2 is 2.07 bits per heavy atom. The Morgan fingerprint density at radius 3 is 2.73 bits per heavy atom. The second-order valence-corrected chi connectivity index (χ2v) is 3.80. The van der Waals surface area contributed by atoms with E-state index in [9.17, 15) is 0 Å². The first-order valence-corrected chi connectivity index (χ1v) is 5.62. The van der Waals surface area contributed by atoms with E-state index < -0.39 is 0 Å². The zero-order valence-corrected chi connectivity index (χ0v) is 9.57. The van der Waals surface area contributed by atoms with Gasteiger partial charge < -0.3 is 9.84 Å². The van der Waals surface area contributed by atoms with Crippen molar-refractivity contribution in [2.75, 3.05) is 13.2 Å². The maximum absolute atomic E-state index is 8.74. The molecular formula is C13H20O2. The van der Waals surface area contributed by atoms with Crippen molar-refractivity contribution in [1.29, 1.82) is 0 Å². The van der Waals surface area contributed by atoms with Crippen LogP contribution in [0.2, 0.25) is 0 Å². The smallest absolute Gasteiger partial charge is 0.122 e. The summed E-state index contributed by atoms with van der Waals surface area (Å²) in [6.07, 6.45) is 2.34. The lowest BCUT2D eigenvalue weighted by atomic mass is 9.96. The van der Waals surface area contributed by atoms with Gasteiger partial charge in [-0.1, -0.05) is 38.5 Å². The summed E-state index contributed by atoms with van der Waals surface area (Å²) in [6, 6.07) is 8.08. The molecule has 2 nitrogen and oxygen atoms in total. The summed E-state index contributed by atoms with van der Waals surface area (Å²) in [5.41, 5.74) is 1.24. The summed E-state index contributed by atoms with van der Waals surface area (Å²) in [7, 11) is 0. The second kappa shape index (κ2) is 6.46. The molecule has 15 heavy (non-hydrogen) atoms. The number of aliphatic hydroxyl groups is 1. The molecule has 84 valence electrons. The summed E-state index contributed by atoms with van der Waals surface area (Å²) in [6.45, 7) is 4.84. The topological polar surface area (TPSA) is 29.5 Å². The fourth-order valence-corrected chi connectivity index (χ4v) is 1.76. The van der Waals surface area contributed by atoms with Gasteiger partial charge >= 0.3 is 0 Å². The van der Waals surface area contributed by atoms with Gasteiger partial charge in [-0.25, -0.2) is 0 Å². The first kappa shape index (κ1) is 12.1. The van der Waals surface area contributed by atoms with Gasteiger partial charge in [-0.3, -0.25) is 0 Å². The van der Waals surface area contributed by atoms with Crippen LogP contribution in [0.4, 0.5) is 0 Å². The molecule has 0 amide bonds. The number of hydrogen-bond donors (Lipinski definition) is 1. The summed E-state index contributed by atoms with van der Waals surface area (Å²) >= 11 is 0. The van der Waals surface area contributed by atoms with Gasteiger partial charge in [0.15, 0.2) is 0 Å². The molecule has 0 fully saturated rings. The van der Waals surface area contributed by atoms with Crippen molar-refractivity contribution in [3.8, 4) is 5.75 Å². The molecule has 1 aromatic rings. The molecule has 0 aliphatic carbocycles. The third kappa shape index (κ3) is 3.56. The molecule has 0 spiro atoms. The molecule has 0 aliphatic rings. The zero-order valence-electron chi connectivity index (χ0n) is 9.57. The van der Waals surface area contributed by atoms with E-state index >= 15 is 0 Å². The van der Waals surface area contributed by atoms with Gasteiger partial charge in [0.2, 0.25) is 0 Å². The minimum absolute atomic E-state index is 0.0660. The number of para-hydroxylation sites is 1. The van der Waals surface area contributed by atoms with Crippen LogP contribution >= 0.6 is 0 Å². The van der Waals surface area contributed by atoms with Crippen LogP contribution in [0.25, 0.3) is 0 Å². The van der Waals surface area contributed by atoms with Crippen molar-refractivity contribution in [3.05, 3.63) is 29.8 Å². The predicted octanol–water partition coefficient (Wildman–Crippen LogP) is 2.96. The second-order valence-electron chi connectivity index (χ2n) is 3.80. The number of benzene rings is 1. The first-order chi connectivity index (χ1) is 7.29. The highest BCUT2D eigenvalue weighted by Gasteiger charge is 2.09. The zero-order chi connectivity index (χ0) is 11.1. The molecule has 0 bridgehead atoms. The fraction of sp³-hybridized carbons (Fsp3) is 0.538. The van der Waals surface area contributed by atoms with E-state index in [1.54, 1.807) is 0 Å². The Balaban J connectivity index is 2.75. The maximum atomic E-state index is 8.74. The lowest BCUT2D eigenvalue weighted by molar-refractivity contribution is 0.199. The average Bonchev–Trinajstić information content (AvgIpc) is 2.27. The van der Waals surface area contributed by atoms with Crippen LogP contribution in [-0.4, -0.2) is 18.3 Å². The highest BCUT2D eigenvalue weighted by atomic mass is 16.5. The maximum Gasteiger partial charge on any atom is 0.122 e. The van der Waals surface area contributed by atoms with Crippen LogP contribution in [0.15, 0.2) is 24.3 Å².